The fraction of sp³-hybridized carbons (Fsp3) is 1.00. The molecule has 0 radical (unpaired) electrons. The summed E-state index contributed by atoms with van der Waals surface area (Å²) < 4.78 is 136. The lowest BCUT2D eigenvalue weighted by molar-refractivity contribution is -0.284. The molecule has 0 amide bonds. The van der Waals surface area contributed by atoms with Gasteiger partial charge in [-0.3, -0.25) is 0 Å². The lowest BCUT2D eigenvalue weighted by Crippen LogP contribution is -2.36. The number of rotatable bonds is 22. The zero-order chi connectivity index (χ0) is 27.7. The summed E-state index contributed by atoms with van der Waals surface area (Å²) in [5.41, 5.74) is 0. The summed E-state index contributed by atoms with van der Waals surface area (Å²) in [6.07, 6.45) is -8.00. The van der Waals surface area contributed by atoms with Gasteiger partial charge in [0.15, 0.2) is 6.29 Å². The molecule has 218 valence electrons. The second-order valence-electron chi connectivity index (χ2n) is 8.80. The van der Waals surface area contributed by atoms with Crippen LogP contribution in [0.5, 0.6) is 0 Å². The van der Waals surface area contributed by atoms with Crippen molar-refractivity contribution in [3.63, 3.8) is 0 Å². The molecule has 36 heavy (non-hydrogen) atoms. The van der Waals surface area contributed by atoms with Crippen LogP contribution < -0.4 is 0 Å². The van der Waals surface area contributed by atoms with Gasteiger partial charge in [-0.25, -0.2) is 0 Å². The Kier molecular flexibility index (Phi) is 17.9. The zero-order valence-electron chi connectivity index (χ0n) is 20.3. The molecule has 0 aliphatic heterocycles. The van der Waals surface area contributed by atoms with Gasteiger partial charge in [0.1, 0.15) is 0 Å². The van der Waals surface area contributed by atoms with E-state index in [-0.39, 0.29) is 38.9 Å². The smallest absolute Gasteiger partial charge is 0.353 e. The molecule has 0 saturated heterocycles. The molecule has 0 unspecified atom stereocenters. The first-order chi connectivity index (χ1) is 16.6. The summed E-state index contributed by atoms with van der Waals surface area (Å²) in [6.45, 7) is 0.489. The Morgan fingerprint density at radius 3 is 1.22 bits per heavy atom. The van der Waals surface area contributed by atoms with Crippen molar-refractivity contribution in [3.05, 3.63) is 0 Å². The quantitative estimate of drug-likeness (QED) is 0.0523. The SMILES string of the molecule is FC(F)(F)C(F)(F)CCCCCCOC(CCCCCCBr)OCCCCCCC(F)(F)C(F)(F)F. The third-order valence-electron chi connectivity index (χ3n) is 5.53. The highest BCUT2D eigenvalue weighted by molar-refractivity contribution is 9.09. The van der Waals surface area contributed by atoms with Gasteiger partial charge in [0.25, 0.3) is 0 Å². The van der Waals surface area contributed by atoms with Crippen LogP contribution in [0.3, 0.4) is 0 Å². The predicted molar refractivity (Wildman–Crippen MR) is 121 cm³/mol. The number of unbranched alkanes of at least 4 members (excludes halogenated alkanes) is 9. The Bertz CT molecular complexity index is 502. The van der Waals surface area contributed by atoms with Gasteiger partial charge < -0.3 is 9.47 Å². The molecule has 0 aromatic rings. The summed E-state index contributed by atoms with van der Waals surface area (Å²) in [6, 6.07) is 0. The van der Waals surface area contributed by atoms with Gasteiger partial charge in [0.2, 0.25) is 0 Å². The highest BCUT2D eigenvalue weighted by Crippen LogP contribution is 2.40. The van der Waals surface area contributed by atoms with Crippen LogP contribution in [0.2, 0.25) is 0 Å². The van der Waals surface area contributed by atoms with Crippen LogP contribution in [-0.2, 0) is 9.47 Å². The van der Waals surface area contributed by atoms with Crippen molar-refractivity contribution >= 4 is 15.9 Å². The third-order valence-corrected chi connectivity index (χ3v) is 6.09. The maximum Gasteiger partial charge on any atom is 0.453 e. The number of hydrogen-bond acceptors (Lipinski definition) is 2. The Morgan fingerprint density at radius 1 is 0.472 bits per heavy atom. The molecule has 0 spiro atoms. The molecule has 0 bridgehead atoms. The van der Waals surface area contributed by atoms with Gasteiger partial charge in [0, 0.05) is 31.4 Å². The molecule has 0 aromatic carbocycles. The summed E-state index contributed by atoms with van der Waals surface area (Å²) >= 11 is 3.35. The standard InChI is InChI=1S/C23H37BrF10O2/c24-16-10-4-1-7-13-19(35-17-11-5-2-8-14-20(25,26)22(29,30)31)36-18-12-6-3-9-15-21(27,28)23(32,33)34/h19H,1-18H2. The second kappa shape index (κ2) is 18.1. The largest absolute Gasteiger partial charge is 0.453 e. The van der Waals surface area contributed by atoms with E-state index < -0.39 is 43.3 Å². The third kappa shape index (κ3) is 16.5. The molecule has 0 saturated carbocycles. The first-order valence-corrected chi connectivity index (χ1v) is 13.4. The van der Waals surface area contributed by atoms with E-state index in [2.05, 4.69) is 15.9 Å². The normalized spacial score (nSPS) is 13.7. The van der Waals surface area contributed by atoms with E-state index in [1.165, 1.54) is 0 Å². The van der Waals surface area contributed by atoms with Crippen molar-refractivity contribution in [1.29, 1.82) is 0 Å². The van der Waals surface area contributed by atoms with Crippen molar-refractivity contribution in [2.45, 2.75) is 127 Å². The first-order valence-electron chi connectivity index (χ1n) is 12.3. The van der Waals surface area contributed by atoms with Crippen LogP contribution in [0, 0.1) is 0 Å². The predicted octanol–water partition coefficient (Wildman–Crippen LogP) is 9.99. The van der Waals surface area contributed by atoms with Crippen molar-refractivity contribution in [3.8, 4) is 0 Å². The van der Waals surface area contributed by atoms with Crippen LogP contribution >= 0.6 is 15.9 Å². The van der Waals surface area contributed by atoms with Gasteiger partial charge in [-0.15, -0.1) is 0 Å². The highest BCUT2D eigenvalue weighted by atomic mass is 79.9. The lowest BCUT2D eigenvalue weighted by atomic mass is 10.1. The van der Waals surface area contributed by atoms with E-state index in [4.69, 9.17) is 9.47 Å². The van der Waals surface area contributed by atoms with E-state index in [1.54, 1.807) is 0 Å². The van der Waals surface area contributed by atoms with Crippen molar-refractivity contribution < 1.29 is 53.4 Å². The maximum absolute atomic E-state index is 12.9. The second-order valence-corrected chi connectivity index (χ2v) is 9.59. The van der Waals surface area contributed by atoms with Crippen LogP contribution in [0.1, 0.15) is 96.3 Å². The average molecular weight is 615 g/mol. The summed E-state index contributed by atoms with van der Waals surface area (Å²) in [5.74, 6) is -9.37. The van der Waals surface area contributed by atoms with Gasteiger partial charge >= 0.3 is 24.2 Å². The van der Waals surface area contributed by atoms with Crippen LogP contribution in [0.25, 0.3) is 0 Å². The van der Waals surface area contributed by atoms with Crippen LogP contribution in [0.15, 0.2) is 0 Å². The van der Waals surface area contributed by atoms with E-state index in [0.29, 0.717) is 32.1 Å². The molecule has 0 heterocycles. The highest BCUT2D eigenvalue weighted by Gasteiger charge is 2.57. The molecule has 0 aliphatic carbocycles. The van der Waals surface area contributed by atoms with Crippen molar-refractivity contribution in [1.82, 2.24) is 0 Å². The van der Waals surface area contributed by atoms with E-state index in [9.17, 15) is 43.9 Å². The molecule has 0 fully saturated rings. The molecule has 2 nitrogen and oxygen atoms in total. The first kappa shape index (κ1) is 35.7. The molecule has 0 aliphatic rings. The minimum Gasteiger partial charge on any atom is -0.353 e. The molecule has 0 N–H and O–H groups in total. The minimum atomic E-state index is -5.54. The Balaban J connectivity index is 4.15. The zero-order valence-corrected chi connectivity index (χ0v) is 21.9. The van der Waals surface area contributed by atoms with Crippen molar-refractivity contribution in [2.24, 2.45) is 0 Å². The van der Waals surface area contributed by atoms with Crippen molar-refractivity contribution in [2.75, 3.05) is 18.5 Å². The Labute approximate surface area is 215 Å². The van der Waals surface area contributed by atoms with E-state index >= 15 is 0 Å². The summed E-state index contributed by atoms with van der Waals surface area (Å²) in [4.78, 5) is 0. The number of ether oxygens (including phenoxy) is 2. The lowest BCUT2D eigenvalue weighted by Gasteiger charge is -2.20. The Hall–Kier alpha value is -0.300. The molecule has 0 atom stereocenters. The Morgan fingerprint density at radius 2 is 0.833 bits per heavy atom. The van der Waals surface area contributed by atoms with E-state index in [1.807, 2.05) is 0 Å². The molecule has 0 rings (SSSR count). The van der Waals surface area contributed by atoms with Gasteiger partial charge in [-0.2, -0.15) is 43.9 Å². The molecule has 13 heteroatoms. The topological polar surface area (TPSA) is 18.5 Å². The van der Waals surface area contributed by atoms with Crippen LogP contribution in [0.4, 0.5) is 43.9 Å². The monoisotopic (exact) mass is 614 g/mol. The van der Waals surface area contributed by atoms with Gasteiger partial charge in [0.05, 0.1) is 0 Å². The van der Waals surface area contributed by atoms with Crippen LogP contribution in [-0.4, -0.2) is 49.0 Å². The number of hydrogen-bond donors (Lipinski definition) is 0. The molecule has 0 aromatic heterocycles. The molecular formula is C23H37BrF10O2. The summed E-state index contributed by atoms with van der Waals surface area (Å²) in [7, 11) is 0. The fourth-order valence-electron chi connectivity index (χ4n) is 3.29. The number of alkyl halides is 11. The molecular weight excluding hydrogens is 578 g/mol. The summed E-state index contributed by atoms with van der Waals surface area (Å²) in [5, 5.41) is 0.896. The van der Waals surface area contributed by atoms with E-state index in [0.717, 1.165) is 31.0 Å². The fourth-order valence-corrected chi connectivity index (χ4v) is 3.69. The van der Waals surface area contributed by atoms with Gasteiger partial charge in [-0.05, 0) is 44.9 Å². The average Bonchev–Trinajstić information content (AvgIpc) is 2.75. The maximum atomic E-state index is 12.9. The van der Waals surface area contributed by atoms with Gasteiger partial charge in [-0.1, -0.05) is 54.5 Å². The minimum absolute atomic E-state index is 0.209. The number of halogens is 11.